The lowest BCUT2D eigenvalue weighted by atomic mass is 10.3. The molecule has 2 heterocycles. The third-order valence-electron chi connectivity index (χ3n) is 3.06. The van der Waals surface area contributed by atoms with Gasteiger partial charge in [-0.25, -0.2) is 4.98 Å². The molecule has 134 valence electrons. The molecule has 0 aromatic carbocycles. The number of pyridine rings is 1. The van der Waals surface area contributed by atoms with Crippen molar-refractivity contribution < 1.29 is 9.57 Å². The Balaban J connectivity index is 2.08. The molecule has 0 spiro atoms. The summed E-state index contributed by atoms with van der Waals surface area (Å²) in [6.45, 7) is 3.81. The van der Waals surface area contributed by atoms with Gasteiger partial charge >= 0.3 is 0 Å². The zero-order valence-corrected chi connectivity index (χ0v) is 15.3. The van der Waals surface area contributed by atoms with E-state index in [1.54, 1.807) is 12.4 Å². The number of nitrogens with two attached hydrogens (primary N) is 2. The summed E-state index contributed by atoms with van der Waals surface area (Å²) in [6.07, 6.45) is 11.4. The first-order valence-corrected chi connectivity index (χ1v) is 8.42. The Hall–Kier alpha value is -3.31. The van der Waals surface area contributed by atoms with Gasteiger partial charge in [0, 0.05) is 30.1 Å². The van der Waals surface area contributed by atoms with Gasteiger partial charge in [-0.3, -0.25) is 4.98 Å². The van der Waals surface area contributed by atoms with Gasteiger partial charge in [0.15, 0.2) is 5.88 Å². The monoisotopic (exact) mass is 369 g/mol. The van der Waals surface area contributed by atoms with E-state index in [2.05, 4.69) is 21.0 Å². The van der Waals surface area contributed by atoms with Gasteiger partial charge in [0.05, 0.1) is 16.3 Å². The molecule has 0 bridgehead atoms. The number of rotatable bonds is 7. The van der Waals surface area contributed by atoms with Gasteiger partial charge in [-0.05, 0) is 26.0 Å². The Labute approximate surface area is 156 Å². The van der Waals surface area contributed by atoms with Crippen LogP contribution in [0.4, 0.5) is 0 Å². The summed E-state index contributed by atoms with van der Waals surface area (Å²) in [7, 11) is 0. The Morgan fingerprint density at radius 2 is 2.15 bits per heavy atom. The smallest absolute Gasteiger partial charge is 0.220 e. The highest BCUT2D eigenvalue weighted by Crippen LogP contribution is 2.27. The van der Waals surface area contributed by atoms with Gasteiger partial charge in [-0.15, -0.1) is 17.8 Å². The Bertz CT molecular complexity index is 879. The van der Waals surface area contributed by atoms with E-state index < -0.39 is 0 Å². The van der Waals surface area contributed by atoms with Crippen LogP contribution in [0.5, 0.6) is 0 Å². The van der Waals surface area contributed by atoms with Crippen molar-refractivity contribution in [2.75, 3.05) is 6.61 Å². The Morgan fingerprint density at radius 1 is 1.38 bits per heavy atom. The van der Waals surface area contributed by atoms with Crippen molar-refractivity contribution in [1.82, 2.24) is 9.97 Å². The van der Waals surface area contributed by atoms with Gasteiger partial charge in [0.1, 0.15) is 11.6 Å². The summed E-state index contributed by atoms with van der Waals surface area (Å²) in [4.78, 5) is 14.8. The van der Waals surface area contributed by atoms with Crippen LogP contribution in [0.15, 0.2) is 53.6 Å². The van der Waals surface area contributed by atoms with E-state index in [9.17, 15) is 0 Å². The lowest BCUT2D eigenvalue weighted by molar-refractivity contribution is 0.223. The lowest BCUT2D eigenvalue weighted by Crippen LogP contribution is -2.04. The average molecular weight is 369 g/mol. The molecule has 2 rings (SSSR count). The standard InChI is InChI=1S/C18H19N5O2S/c1-4-10-24-15(19)7-8-16(20)25-23-13(3)17-12(2)22-18(26-17)14-6-5-9-21-11-14/h1,5-9,11H,10,19-20H2,2-3H3/b15-7+,16-8+,23-13+. The second kappa shape index (κ2) is 9.25. The van der Waals surface area contributed by atoms with Crippen LogP contribution in [0, 0.1) is 19.3 Å². The minimum Gasteiger partial charge on any atom is -0.466 e. The number of hydrogen-bond donors (Lipinski definition) is 2. The molecule has 0 aliphatic heterocycles. The van der Waals surface area contributed by atoms with Crippen molar-refractivity contribution in [3.05, 3.63) is 59.0 Å². The highest BCUT2D eigenvalue weighted by Gasteiger charge is 2.12. The molecule has 0 radical (unpaired) electrons. The van der Waals surface area contributed by atoms with Crippen LogP contribution in [-0.2, 0) is 9.57 Å². The first kappa shape index (κ1) is 19.0. The average Bonchev–Trinajstić information content (AvgIpc) is 3.05. The fourth-order valence-corrected chi connectivity index (χ4v) is 2.87. The molecule has 7 nitrogen and oxygen atoms in total. The molecular weight excluding hydrogens is 350 g/mol. The van der Waals surface area contributed by atoms with E-state index in [0.717, 1.165) is 21.1 Å². The fraction of sp³-hybridized carbons (Fsp3) is 0.167. The van der Waals surface area contributed by atoms with Crippen LogP contribution in [0.2, 0.25) is 0 Å². The number of aromatic nitrogens is 2. The van der Waals surface area contributed by atoms with Crippen LogP contribution < -0.4 is 11.5 Å². The van der Waals surface area contributed by atoms with E-state index in [0.29, 0.717) is 5.71 Å². The number of hydrogen-bond acceptors (Lipinski definition) is 8. The lowest BCUT2D eigenvalue weighted by Gasteiger charge is -2.01. The van der Waals surface area contributed by atoms with Gasteiger partial charge in [-0.1, -0.05) is 11.1 Å². The number of allylic oxidation sites excluding steroid dienone is 2. The highest BCUT2D eigenvalue weighted by atomic mass is 32.1. The SMILES string of the molecule is C#CCO/C(N)=C/C=C(\N)O/N=C(\C)c1sc(-c2cccnc2)nc1C. The topological polar surface area (TPSA) is 109 Å². The first-order valence-electron chi connectivity index (χ1n) is 7.60. The summed E-state index contributed by atoms with van der Waals surface area (Å²) in [6, 6.07) is 3.82. The van der Waals surface area contributed by atoms with Gasteiger partial charge in [0.25, 0.3) is 0 Å². The zero-order valence-electron chi connectivity index (χ0n) is 14.5. The number of ether oxygens (including phenoxy) is 1. The van der Waals surface area contributed by atoms with E-state index in [1.165, 1.54) is 23.5 Å². The van der Waals surface area contributed by atoms with Crippen molar-refractivity contribution >= 4 is 17.0 Å². The van der Waals surface area contributed by atoms with Crippen molar-refractivity contribution in [2.45, 2.75) is 13.8 Å². The van der Waals surface area contributed by atoms with Gasteiger partial charge in [0.2, 0.25) is 5.88 Å². The fourth-order valence-electron chi connectivity index (χ4n) is 1.88. The summed E-state index contributed by atoms with van der Waals surface area (Å²) in [5, 5.41) is 4.90. The number of terminal acetylenes is 1. The summed E-state index contributed by atoms with van der Waals surface area (Å²) in [5.74, 6) is 2.50. The minimum absolute atomic E-state index is 0.0614. The molecule has 0 aliphatic rings. The minimum atomic E-state index is 0.0614. The molecule has 26 heavy (non-hydrogen) atoms. The molecule has 0 saturated carbocycles. The molecular formula is C18H19N5O2S. The van der Waals surface area contributed by atoms with E-state index in [4.69, 9.17) is 27.5 Å². The largest absolute Gasteiger partial charge is 0.466 e. The van der Waals surface area contributed by atoms with Gasteiger partial charge in [-0.2, -0.15) is 0 Å². The van der Waals surface area contributed by atoms with Crippen molar-refractivity contribution in [1.29, 1.82) is 0 Å². The van der Waals surface area contributed by atoms with Crippen molar-refractivity contribution in [2.24, 2.45) is 16.6 Å². The maximum atomic E-state index is 5.73. The molecule has 0 fully saturated rings. The van der Waals surface area contributed by atoms with Crippen LogP contribution >= 0.6 is 11.3 Å². The normalized spacial score (nSPS) is 12.6. The van der Waals surface area contributed by atoms with Crippen molar-refractivity contribution in [3.63, 3.8) is 0 Å². The van der Waals surface area contributed by atoms with E-state index in [-0.39, 0.29) is 18.4 Å². The summed E-state index contributed by atoms with van der Waals surface area (Å²) in [5.41, 5.74) is 13.8. The summed E-state index contributed by atoms with van der Waals surface area (Å²) >= 11 is 1.51. The quantitative estimate of drug-likeness (QED) is 0.255. The van der Waals surface area contributed by atoms with Crippen LogP contribution in [0.25, 0.3) is 10.6 Å². The number of nitrogens with zero attached hydrogens (tertiary/aromatic N) is 3. The predicted octanol–water partition coefficient (Wildman–Crippen LogP) is 2.50. The third-order valence-corrected chi connectivity index (χ3v) is 4.37. The number of aryl methyl sites for hydroxylation is 1. The molecule has 0 aliphatic carbocycles. The number of thiazole rings is 1. The first-order chi connectivity index (χ1) is 12.5. The van der Waals surface area contributed by atoms with E-state index in [1.807, 2.05) is 26.0 Å². The predicted molar refractivity (Wildman–Crippen MR) is 103 cm³/mol. The Morgan fingerprint density at radius 3 is 2.85 bits per heavy atom. The molecule has 0 unspecified atom stereocenters. The number of oxime groups is 1. The second-order valence-electron chi connectivity index (χ2n) is 5.07. The maximum Gasteiger partial charge on any atom is 0.220 e. The van der Waals surface area contributed by atoms with Crippen molar-refractivity contribution in [3.8, 4) is 22.9 Å². The van der Waals surface area contributed by atoms with Crippen LogP contribution in [-0.4, -0.2) is 22.3 Å². The molecule has 4 N–H and O–H groups in total. The second-order valence-corrected chi connectivity index (χ2v) is 6.07. The molecule has 0 amide bonds. The molecule has 8 heteroatoms. The molecule has 2 aromatic heterocycles. The van der Waals surface area contributed by atoms with Crippen LogP contribution in [0.3, 0.4) is 0 Å². The summed E-state index contributed by atoms with van der Waals surface area (Å²) < 4.78 is 5.00. The Kier molecular flexibility index (Phi) is 6.76. The highest BCUT2D eigenvalue weighted by molar-refractivity contribution is 7.17. The van der Waals surface area contributed by atoms with Gasteiger partial charge < -0.3 is 21.0 Å². The zero-order chi connectivity index (χ0) is 18.9. The molecule has 0 saturated heterocycles. The molecule has 0 atom stereocenters. The third kappa shape index (κ3) is 5.36. The van der Waals surface area contributed by atoms with E-state index >= 15 is 0 Å². The maximum absolute atomic E-state index is 5.73. The molecule has 2 aromatic rings. The van der Waals surface area contributed by atoms with Crippen LogP contribution in [0.1, 0.15) is 17.5 Å².